The van der Waals surface area contributed by atoms with Gasteiger partial charge in [0.05, 0.1) is 0 Å². The summed E-state index contributed by atoms with van der Waals surface area (Å²) in [5, 5.41) is 3.34. The van der Waals surface area contributed by atoms with Crippen LogP contribution in [0.15, 0.2) is 65.1 Å². The third kappa shape index (κ3) is 4.08. The van der Waals surface area contributed by atoms with Crippen molar-refractivity contribution in [2.45, 2.75) is 0 Å². The molecule has 2 rings (SSSR count). The minimum Gasteiger partial charge on any atom is -0.382 e. The van der Waals surface area contributed by atoms with Crippen LogP contribution in [0.25, 0.3) is 6.08 Å². The van der Waals surface area contributed by atoms with Crippen LogP contribution in [0.4, 0.5) is 5.69 Å². The van der Waals surface area contributed by atoms with Gasteiger partial charge in [-0.2, -0.15) is 0 Å². The lowest BCUT2D eigenvalue weighted by molar-refractivity contribution is 1.34. The first kappa shape index (κ1) is 11.9. The molecule has 2 aromatic rings. The van der Waals surface area contributed by atoms with Crippen molar-refractivity contribution < 1.29 is 0 Å². The lowest BCUT2D eigenvalue weighted by atomic mass is 10.2. The first-order valence-electron chi connectivity index (χ1n) is 5.55. The summed E-state index contributed by atoms with van der Waals surface area (Å²) < 4.78 is 1.09. The number of rotatable bonds is 4. The molecular weight excluding hydrogens is 274 g/mol. The average Bonchev–Trinajstić information content (AvgIpc) is 2.36. The van der Waals surface area contributed by atoms with E-state index in [1.165, 1.54) is 5.56 Å². The Bertz CT molecular complexity index is 491. The lowest BCUT2D eigenvalue weighted by Crippen LogP contribution is -1.97. The zero-order valence-corrected chi connectivity index (χ0v) is 11.0. The van der Waals surface area contributed by atoms with E-state index < -0.39 is 0 Å². The normalized spacial score (nSPS) is 10.6. The summed E-state index contributed by atoms with van der Waals surface area (Å²) in [4.78, 5) is 0. The molecule has 86 valence electrons. The summed E-state index contributed by atoms with van der Waals surface area (Å²) >= 11 is 3.45. The van der Waals surface area contributed by atoms with Gasteiger partial charge in [0.2, 0.25) is 0 Å². The van der Waals surface area contributed by atoms with Gasteiger partial charge < -0.3 is 5.32 Å². The van der Waals surface area contributed by atoms with Crippen molar-refractivity contribution in [1.82, 2.24) is 0 Å². The molecular formula is C15H14BrN. The van der Waals surface area contributed by atoms with Crippen molar-refractivity contribution in [3.63, 3.8) is 0 Å². The number of anilines is 1. The first-order valence-corrected chi connectivity index (χ1v) is 6.35. The minimum atomic E-state index is 0.825. The third-order valence-electron chi connectivity index (χ3n) is 2.36. The SMILES string of the molecule is Brc1cccc(NC/C=C/c2ccccc2)c1. The van der Waals surface area contributed by atoms with E-state index in [4.69, 9.17) is 0 Å². The monoisotopic (exact) mass is 287 g/mol. The highest BCUT2D eigenvalue weighted by Gasteiger charge is 1.90. The maximum atomic E-state index is 3.45. The molecule has 1 nitrogen and oxygen atoms in total. The third-order valence-corrected chi connectivity index (χ3v) is 2.85. The Morgan fingerprint density at radius 3 is 2.59 bits per heavy atom. The van der Waals surface area contributed by atoms with Gasteiger partial charge in [-0.1, -0.05) is 64.5 Å². The zero-order valence-electron chi connectivity index (χ0n) is 9.44. The van der Waals surface area contributed by atoms with Crippen molar-refractivity contribution in [2.24, 2.45) is 0 Å². The molecule has 0 atom stereocenters. The fourth-order valence-corrected chi connectivity index (χ4v) is 1.93. The molecule has 2 heteroatoms. The number of halogens is 1. The fraction of sp³-hybridized carbons (Fsp3) is 0.0667. The molecule has 0 aromatic heterocycles. The molecule has 2 aromatic carbocycles. The average molecular weight is 288 g/mol. The van der Waals surface area contributed by atoms with E-state index >= 15 is 0 Å². The Morgan fingerprint density at radius 2 is 1.82 bits per heavy atom. The van der Waals surface area contributed by atoms with Crippen molar-refractivity contribution in [1.29, 1.82) is 0 Å². The van der Waals surface area contributed by atoms with Crippen molar-refractivity contribution in [3.8, 4) is 0 Å². The van der Waals surface area contributed by atoms with E-state index in [9.17, 15) is 0 Å². The predicted octanol–water partition coefficient (Wildman–Crippen LogP) is 4.57. The highest BCUT2D eigenvalue weighted by molar-refractivity contribution is 9.10. The molecule has 1 N–H and O–H groups in total. The molecule has 0 spiro atoms. The van der Waals surface area contributed by atoms with E-state index in [-0.39, 0.29) is 0 Å². The molecule has 0 heterocycles. The van der Waals surface area contributed by atoms with Gasteiger partial charge in [0.25, 0.3) is 0 Å². The van der Waals surface area contributed by atoms with Crippen LogP contribution in [0.5, 0.6) is 0 Å². The van der Waals surface area contributed by atoms with Crippen LogP contribution in [-0.4, -0.2) is 6.54 Å². The van der Waals surface area contributed by atoms with Crippen LogP contribution in [0, 0.1) is 0 Å². The molecule has 0 radical (unpaired) electrons. The molecule has 0 aliphatic carbocycles. The number of nitrogens with one attached hydrogen (secondary N) is 1. The van der Waals surface area contributed by atoms with E-state index in [0.29, 0.717) is 0 Å². The molecule has 0 unspecified atom stereocenters. The maximum Gasteiger partial charge on any atom is 0.0353 e. The van der Waals surface area contributed by atoms with Crippen molar-refractivity contribution >= 4 is 27.7 Å². The summed E-state index contributed by atoms with van der Waals surface area (Å²) in [6.45, 7) is 0.825. The first-order chi connectivity index (χ1) is 8.34. The van der Waals surface area contributed by atoms with Crippen molar-refractivity contribution in [3.05, 3.63) is 70.7 Å². The Balaban J connectivity index is 1.86. The van der Waals surface area contributed by atoms with E-state index in [1.54, 1.807) is 0 Å². The maximum absolute atomic E-state index is 3.45. The van der Waals surface area contributed by atoms with Gasteiger partial charge >= 0.3 is 0 Å². The Kier molecular flexibility index (Phi) is 4.39. The van der Waals surface area contributed by atoms with Crippen LogP contribution in [0.3, 0.4) is 0 Å². The second kappa shape index (κ2) is 6.26. The standard InChI is InChI=1S/C15H14BrN/c16-14-9-4-10-15(12-14)17-11-5-8-13-6-2-1-3-7-13/h1-10,12,17H,11H2/b8-5+. The smallest absolute Gasteiger partial charge is 0.0353 e. The van der Waals surface area contributed by atoms with Gasteiger partial charge in [-0.25, -0.2) is 0 Å². The van der Waals surface area contributed by atoms with Gasteiger partial charge in [0.1, 0.15) is 0 Å². The lowest BCUT2D eigenvalue weighted by Gasteiger charge is -2.03. The van der Waals surface area contributed by atoms with Gasteiger partial charge in [-0.3, -0.25) is 0 Å². The summed E-state index contributed by atoms with van der Waals surface area (Å²) in [5.74, 6) is 0. The van der Waals surface area contributed by atoms with Gasteiger partial charge in [0.15, 0.2) is 0 Å². The summed E-state index contributed by atoms with van der Waals surface area (Å²) in [6.07, 6.45) is 4.24. The van der Waals surface area contributed by atoms with E-state index in [0.717, 1.165) is 16.7 Å². The Hall–Kier alpha value is -1.54. The van der Waals surface area contributed by atoms with Crippen LogP contribution in [0.1, 0.15) is 5.56 Å². The highest BCUT2D eigenvalue weighted by Crippen LogP contribution is 2.15. The van der Waals surface area contributed by atoms with Crippen LogP contribution in [0.2, 0.25) is 0 Å². The molecule has 0 amide bonds. The largest absolute Gasteiger partial charge is 0.382 e. The highest BCUT2D eigenvalue weighted by atomic mass is 79.9. The number of hydrogen-bond acceptors (Lipinski definition) is 1. The van der Waals surface area contributed by atoms with Gasteiger partial charge in [-0.05, 0) is 23.8 Å². The minimum absolute atomic E-state index is 0.825. The van der Waals surface area contributed by atoms with E-state index in [2.05, 4.69) is 57.7 Å². The van der Waals surface area contributed by atoms with Gasteiger partial charge in [0, 0.05) is 16.7 Å². The second-order valence-electron chi connectivity index (χ2n) is 3.70. The topological polar surface area (TPSA) is 12.0 Å². The summed E-state index contributed by atoms with van der Waals surface area (Å²) in [6, 6.07) is 18.5. The molecule has 17 heavy (non-hydrogen) atoms. The number of benzene rings is 2. The molecule has 0 bridgehead atoms. The number of hydrogen-bond donors (Lipinski definition) is 1. The Morgan fingerprint density at radius 1 is 1.00 bits per heavy atom. The van der Waals surface area contributed by atoms with E-state index in [1.807, 2.05) is 30.3 Å². The zero-order chi connectivity index (χ0) is 11.9. The van der Waals surface area contributed by atoms with Gasteiger partial charge in [-0.15, -0.1) is 0 Å². The van der Waals surface area contributed by atoms with Crippen LogP contribution < -0.4 is 5.32 Å². The van der Waals surface area contributed by atoms with Crippen LogP contribution >= 0.6 is 15.9 Å². The molecule has 0 aliphatic heterocycles. The van der Waals surface area contributed by atoms with Crippen LogP contribution in [-0.2, 0) is 0 Å². The molecule has 0 aliphatic rings. The Labute approximate surface area is 110 Å². The molecule has 0 saturated heterocycles. The van der Waals surface area contributed by atoms with Crippen molar-refractivity contribution in [2.75, 3.05) is 11.9 Å². The molecule has 0 fully saturated rings. The predicted molar refractivity (Wildman–Crippen MR) is 78.1 cm³/mol. The molecule has 0 saturated carbocycles. The second-order valence-corrected chi connectivity index (χ2v) is 4.62. The quantitative estimate of drug-likeness (QED) is 0.868. The summed E-state index contributed by atoms with van der Waals surface area (Å²) in [7, 11) is 0. The fourth-order valence-electron chi connectivity index (χ4n) is 1.53. The summed E-state index contributed by atoms with van der Waals surface area (Å²) in [5.41, 5.74) is 2.35.